The molecule has 6 aliphatic rings. The fourth-order valence-corrected chi connectivity index (χ4v) is 8.86. The highest BCUT2D eigenvalue weighted by Crippen LogP contribution is 2.55. The molecule has 27 heavy (non-hydrogen) atoms. The van der Waals surface area contributed by atoms with Crippen molar-refractivity contribution in [3.05, 3.63) is 0 Å². The fraction of sp³-hybridized carbons (Fsp3) is 1.00. The summed E-state index contributed by atoms with van der Waals surface area (Å²) in [5.41, 5.74) is 0.393. The Morgan fingerprint density at radius 2 is 1.48 bits per heavy atom. The number of sulfone groups is 1. The van der Waals surface area contributed by atoms with Gasteiger partial charge in [0.1, 0.15) is 9.84 Å². The summed E-state index contributed by atoms with van der Waals surface area (Å²) >= 11 is 0. The molecule has 154 valence electrons. The molecular weight excluding hydrogens is 358 g/mol. The molecule has 6 fully saturated rings. The molecule has 0 spiro atoms. The van der Waals surface area contributed by atoms with Crippen LogP contribution >= 0.6 is 0 Å². The van der Waals surface area contributed by atoms with Crippen molar-refractivity contribution in [1.29, 1.82) is 0 Å². The van der Waals surface area contributed by atoms with E-state index in [4.69, 9.17) is 0 Å². The fourth-order valence-electron chi connectivity index (χ4n) is 7.73. The zero-order valence-corrected chi connectivity index (χ0v) is 17.6. The Morgan fingerprint density at radius 3 is 2.04 bits per heavy atom. The monoisotopic (exact) mass is 395 g/mol. The zero-order chi connectivity index (χ0) is 18.6. The second kappa shape index (κ2) is 6.96. The number of hydrogen-bond acceptors (Lipinski definition) is 5. The zero-order valence-electron chi connectivity index (χ0n) is 16.8. The van der Waals surface area contributed by atoms with Gasteiger partial charge in [0.2, 0.25) is 0 Å². The van der Waals surface area contributed by atoms with Crippen molar-refractivity contribution in [1.82, 2.24) is 16.0 Å². The van der Waals surface area contributed by atoms with Crippen molar-refractivity contribution in [2.24, 2.45) is 23.7 Å². The Bertz CT molecular complexity index is 621. The van der Waals surface area contributed by atoms with Gasteiger partial charge in [-0.25, -0.2) is 8.42 Å². The SMILES string of the molecule is CS(=O)(=O)C1CCC(C2CNCC(NC34CC5CC(CC(C5)C3)C4)N2)CC1. The lowest BCUT2D eigenvalue weighted by Gasteiger charge is -2.58. The van der Waals surface area contributed by atoms with Crippen molar-refractivity contribution in [2.45, 2.75) is 87.2 Å². The van der Waals surface area contributed by atoms with Crippen LogP contribution in [-0.2, 0) is 9.84 Å². The van der Waals surface area contributed by atoms with E-state index in [0.29, 0.717) is 23.7 Å². The molecular formula is C21H37N3O2S. The van der Waals surface area contributed by atoms with Crippen LogP contribution in [0.2, 0.25) is 0 Å². The minimum atomic E-state index is -2.87. The highest BCUT2D eigenvalue weighted by molar-refractivity contribution is 7.91. The molecule has 0 aromatic rings. The van der Waals surface area contributed by atoms with E-state index in [0.717, 1.165) is 56.5 Å². The van der Waals surface area contributed by atoms with E-state index in [1.54, 1.807) is 0 Å². The van der Waals surface area contributed by atoms with E-state index >= 15 is 0 Å². The minimum absolute atomic E-state index is 0.105. The molecule has 0 aromatic heterocycles. The molecule has 1 heterocycles. The Labute approximate surface area is 164 Å². The summed E-state index contributed by atoms with van der Waals surface area (Å²) < 4.78 is 23.7. The number of rotatable bonds is 4. The average Bonchev–Trinajstić information content (AvgIpc) is 2.60. The van der Waals surface area contributed by atoms with E-state index in [1.807, 2.05) is 0 Å². The van der Waals surface area contributed by atoms with Crippen LogP contribution in [0.1, 0.15) is 64.2 Å². The van der Waals surface area contributed by atoms with Crippen molar-refractivity contribution in [3.63, 3.8) is 0 Å². The van der Waals surface area contributed by atoms with Crippen molar-refractivity contribution in [3.8, 4) is 0 Å². The second-order valence-electron chi connectivity index (χ2n) is 10.7. The van der Waals surface area contributed by atoms with Crippen LogP contribution < -0.4 is 16.0 Å². The lowest BCUT2D eigenvalue weighted by Crippen LogP contribution is -2.69. The van der Waals surface area contributed by atoms with Crippen LogP contribution in [0.4, 0.5) is 0 Å². The van der Waals surface area contributed by atoms with E-state index in [2.05, 4.69) is 16.0 Å². The van der Waals surface area contributed by atoms with Gasteiger partial charge in [-0.15, -0.1) is 0 Å². The van der Waals surface area contributed by atoms with E-state index in [9.17, 15) is 8.42 Å². The minimum Gasteiger partial charge on any atom is -0.312 e. The molecule has 1 saturated heterocycles. The van der Waals surface area contributed by atoms with Gasteiger partial charge in [0, 0.05) is 30.9 Å². The second-order valence-corrected chi connectivity index (χ2v) is 13.0. The van der Waals surface area contributed by atoms with Gasteiger partial charge >= 0.3 is 0 Å². The Balaban J connectivity index is 1.18. The summed E-state index contributed by atoms with van der Waals surface area (Å²) in [5, 5.41) is 11.6. The maximum absolute atomic E-state index is 11.8. The van der Waals surface area contributed by atoms with Crippen molar-refractivity contribution < 1.29 is 8.42 Å². The van der Waals surface area contributed by atoms with Gasteiger partial charge in [-0.3, -0.25) is 10.6 Å². The van der Waals surface area contributed by atoms with Crippen LogP contribution in [-0.4, -0.2) is 50.8 Å². The van der Waals surface area contributed by atoms with Gasteiger partial charge in [0.25, 0.3) is 0 Å². The smallest absolute Gasteiger partial charge is 0.150 e. The van der Waals surface area contributed by atoms with Crippen molar-refractivity contribution >= 4 is 9.84 Å². The summed E-state index contributed by atoms with van der Waals surface area (Å²) in [7, 11) is -2.87. The molecule has 3 N–H and O–H groups in total. The molecule has 5 aliphatic carbocycles. The number of piperazine rings is 1. The van der Waals surface area contributed by atoms with Gasteiger partial charge < -0.3 is 5.32 Å². The van der Waals surface area contributed by atoms with Crippen LogP contribution in [0.25, 0.3) is 0 Å². The first-order valence-electron chi connectivity index (χ1n) is 11.3. The van der Waals surface area contributed by atoms with Crippen LogP contribution in [0, 0.1) is 23.7 Å². The number of hydrogen-bond donors (Lipinski definition) is 3. The van der Waals surface area contributed by atoms with E-state index in [-0.39, 0.29) is 5.25 Å². The molecule has 0 radical (unpaired) electrons. The molecule has 1 aliphatic heterocycles. The van der Waals surface area contributed by atoms with Gasteiger partial charge in [-0.05, 0) is 87.9 Å². The maximum atomic E-state index is 11.8. The first-order chi connectivity index (χ1) is 12.9. The maximum Gasteiger partial charge on any atom is 0.150 e. The van der Waals surface area contributed by atoms with Crippen molar-refractivity contribution in [2.75, 3.05) is 19.3 Å². The molecule has 2 unspecified atom stereocenters. The molecule has 4 bridgehead atoms. The first kappa shape index (κ1) is 18.8. The van der Waals surface area contributed by atoms with Gasteiger partial charge in [-0.2, -0.15) is 0 Å². The molecule has 5 saturated carbocycles. The summed E-state index contributed by atoms with van der Waals surface area (Å²) in [6.07, 6.45) is 14.2. The average molecular weight is 396 g/mol. The highest BCUT2D eigenvalue weighted by Gasteiger charge is 2.51. The predicted molar refractivity (Wildman–Crippen MR) is 108 cm³/mol. The summed E-state index contributed by atoms with van der Waals surface area (Å²) in [4.78, 5) is 0. The Kier molecular flexibility index (Phi) is 4.86. The molecule has 5 nitrogen and oxygen atoms in total. The molecule has 0 amide bonds. The largest absolute Gasteiger partial charge is 0.312 e. The normalized spacial score (nSPS) is 50.0. The first-order valence-corrected chi connectivity index (χ1v) is 13.3. The topological polar surface area (TPSA) is 70.2 Å². The predicted octanol–water partition coefficient (Wildman–Crippen LogP) is 2.04. The molecule has 2 atom stereocenters. The van der Waals surface area contributed by atoms with E-state index < -0.39 is 9.84 Å². The quantitative estimate of drug-likeness (QED) is 0.680. The third-order valence-electron chi connectivity index (χ3n) is 8.54. The van der Waals surface area contributed by atoms with Gasteiger partial charge in [-0.1, -0.05) is 0 Å². The Morgan fingerprint density at radius 1 is 0.889 bits per heavy atom. The third kappa shape index (κ3) is 3.84. The van der Waals surface area contributed by atoms with Crippen LogP contribution in [0.5, 0.6) is 0 Å². The molecule has 6 heteroatoms. The van der Waals surface area contributed by atoms with Gasteiger partial charge in [0.05, 0.1) is 11.4 Å². The third-order valence-corrected chi connectivity index (χ3v) is 10.2. The van der Waals surface area contributed by atoms with E-state index in [1.165, 1.54) is 44.8 Å². The summed E-state index contributed by atoms with van der Waals surface area (Å²) in [5.74, 6) is 3.53. The summed E-state index contributed by atoms with van der Waals surface area (Å²) in [6, 6.07) is 0.477. The molecule has 0 aromatic carbocycles. The lowest BCUT2D eigenvalue weighted by atomic mass is 9.53. The summed E-state index contributed by atoms with van der Waals surface area (Å²) in [6.45, 7) is 2.03. The highest BCUT2D eigenvalue weighted by atomic mass is 32.2. The lowest BCUT2D eigenvalue weighted by molar-refractivity contribution is -0.0301. The Hall–Kier alpha value is -0.170. The van der Waals surface area contributed by atoms with Crippen LogP contribution in [0.15, 0.2) is 0 Å². The number of nitrogens with one attached hydrogen (secondary N) is 3. The molecule has 6 rings (SSSR count). The standard InChI is InChI=1S/C21H37N3O2S/c1-27(25,26)18-4-2-17(3-5-18)19-12-22-13-20(23-19)24-21-9-14-6-15(10-21)8-16(7-14)11-21/h14-20,22-24H,2-13H2,1H3. The van der Waals surface area contributed by atoms with Crippen LogP contribution in [0.3, 0.4) is 0 Å². The van der Waals surface area contributed by atoms with Gasteiger partial charge in [0.15, 0.2) is 0 Å².